The van der Waals surface area contributed by atoms with Gasteiger partial charge in [0.05, 0.1) is 4.92 Å². The van der Waals surface area contributed by atoms with E-state index in [0.717, 1.165) is 38.5 Å². The van der Waals surface area contributed by atoms with Gasteiger partial charge in [-0.3, -0.25) is 10.1 Å². The smallest absolute Gasteiger partial charge is 0.329 e. The monoisotopic (exact) mass is 307 g/mol. The molecule has 0 aliphatic heterocycles. The van der Waals surface area contributed by atoms with Crippen LogP contribution in [0, 0.1) is 16.0 Å². The lowest BCUT2D eigenvalue weighted by atomic mass is 9.85. The van der Waals surface area contributed by atoms with Crippen LogP contribution in [0.1, 0.15) is 38.5 Å². The van der Waals surface area contributed by atoms with E-state index in [4.69, 9.17) is 0 Å². The normalized spacial score (nSPS) is 24.8. The Bertz CT molecular complexity index is 549. The third-order valence-corrected chi connectivity index (χ3v) is 4.34. The Hall–Kier alpha value is -1.96. The average molecular weight is 307 g/mol. The third kappa shape index (κ3) is 3.44. The first-order valence-electron chi connectivity index (χ1n) is 7.82. The highest BCUT2D eigenvalue weighted by Gasteiger charge is 2.28. The van der Waals surface area contributed by atoms with Gasteiger partial charge in [-0.25, -0.2) is 4.98 Å². The van der Waals surface area contributed by atoms with Gasteiger partial charge in [0.2, 0.25) is 11.8 Å². The number of rotatable bonds is 6. The summed E-state index contributed by atoms with van der Waals surface area (Å²) in [7, 11) is 0. The molecule has 1 aromatic rings. The molecule has 2 atom stereocenters. The minimum absolute atomic E-state index is 0.0974. The van der Waals surface area contributed by atoms with Gasteiger partial charge in [-0.05, 0) is 25.7 Å². The van der Waals surface area contributed by atoms with Crippen LogP contribution in [-0.2, 0) is 0 Å². The third-order valence-electron chi connectivity index (χ3n) is 4.34. The molecular weight excluding hydrogens is 286 g/mol. The van der Waals surface area contributed by atoms with Crippen molar-refractivity contribution in [2.45, 2.75) is 50.6 Å². The van der Waals surface area contributed by atoms with E-state index in [1.165, 1.54) is 6.20 Å². The maximum absolute atomic E-state index is 11.1. The van der Waals surface area contributed by atoms with Crippen molar-refractivity contribution in [2.75, 3.05) is 17.2 Å². The van der Waals surface area contributed by atoms with Crippen LogP contribution >= 0.6 is 0 Å². The first-order chi connectivity index (χ1) is 10.7. The molecule has 1 aromatic heterocycles. The van der Waals surface area contributed by atoms with Gasteiger partial charge in [-0.15, -0.1) is 0 Å². The van der Waals surface area contributed by atoms with Crippen molar-refractivity contribution in [3.8, 4) is 0 Å². The number of aromatic nitrogens is 2. The van der Waals surface area contributed by atoms with E-state index < -0.39 is 4.92 Å². The van der Waals surface area contributed by atoms with E-state index in [2.05, 4.69) is 20.6 Å². The lowest BCUT2D eigenvalue weighted by molar-refractivity contribution is -0.384. The van der Waals surface area contributed by atoms with Crippen LogP contribution in [0.4, 0.5) is 17.5 Å². The molecule has 0 aromatic carbocycles. The first-order valence-corrected chi connectivity index (χ1v) is 7.82. The number of hydrogen-bond acceptors (Lipinski definition) is 7. The number of hydrogen-bond donors (Lipinski definition) is 3. The Morgan fingerprint density at radius 3 is 2.73 bits per heavy atom. The highest BCUT2D eigenvalue weighted by atomic mass is 16.6. The van der Waals surface area contributed by atoms with Gasteiger partial charge in [0, 0.05) is 24.6 Å². The molecule has 3 N–H and O–H groups in total. The van der Waals surface area contributed by atoms with Crippen LogP contribution in [0.5, 0.6) is 0 Å². The molecular formula is C14H21N5O3. The van der Waals surface area contributed by atoms with Gasteiger partial charge < -0.3 is 15.7 Å². The molecule has 2 saturated carbocycles. The summed E-state index contributed by atoms with van der Waals surface area (Å²) in [5, 5.41) is 26.8. The van der Waals surface area contributed by atoms with Crippen molar-refractivity contribution in [1.82, 2.24) is 9.97 Å². The lowest BCUT2D eigenvalue weighted by Crippen LogP contribution is -2.35. The van der Waals surface area contributed by atoms with Crippen LogP contribution in [0.25, 0.3) is 0 Å². The number of aliphatic hydroxyl groups excluding tert-OH is 1. The molecule has 3 rings (SSSR count). The minimum Gasteiger partial charge on any atom is -0.396 e. The quantitative estimate of drug-likeness (QED) is 0.543. The fourth-order valence-corrected chi connectivity index (χ4v) is 2.89. The average Bonchev–Trinajstić information content (AvgIpc) is 3.32. The van der Waals surface area contributed by atoms with Crippen LogP contribution in [0.2, 0.25) is 0 Å². The zero-order chi connectivity index (χ0) is 15.5. The maximum Gasteiger partial charge on any atom is 0.329 e. The Labute approximate surface area is 128 Å². The number of nitrogens with zero attached hydrogens (tertiary/aromatic N) is 3. The van der Waals surface area contributed by atoms with Crippen molar-refractivity contribution < 1.29 is 10.0 Å². The fraction of sp³-hybridized carbons (Fsp3) is 0.714. The van der Waals surface area contributed by atoms with Crippen LogP contribution in [0.3, 0.4) is 0 Å². The summed E-state index contributed by atoms with van der Waals surface area (Å²) in [6.45, 7) is 0.137. The van der Waals surface area contributed by atoms with Gasteiger partial charge in [-0.2, -0.15) is 4.98 Å². The zero-order valence-corrected chi connectivity index (χ0v) is 12.4. The SMILES string of the molecule is O=[N+]([O-])c1cnc(NC2CCCCC2CO)nc1NC1CC1. The van der Waals surface area contributed by atoms with E-state index in [9.17, 15) is 15.2 Å². The Balaban J connectivity index is 1.76. The second-order valence-electron chi connectivity index (χ2n) is 6.08. The fourth-order valence-electron chi connectivity index (χ4n) is 2.89. The molecule has 0 saturated heterocycles. The van der Waals surface area contributed by atoms with Gasteiger partial charge in [0.25, 0.3) is 0 Å². The highest BCUT2D eigenvalue weighted by molar-refractivity contribution is 5.58. The molecule has 8 heteroatoms. The van der Waals surface area contributed by atoms with Gasteiger partial charge >= 0.3 is 5.69 Å². The van der Waals surface area contributed by atoms with Gasteiger partial charge in [0.1, 0.15) is 6.20 Å². The van der Waals surface area contributed by atoms with Crippen LogP contribution in [0.15, 0.2) is 6.20 Å². The van der Waals surface area contributed by atoms with Crippen molar-refractivity contribution in [3.05, 3.63) is 16.3 Å². The highest BCUT2D eigenvalue weighted by Crippen LogP contribution is 2.31. The number of nitro groups is 1. The van der Waals surface area contributed by atoms with E-state index in [1.54, 1.807) is 0 Å². The molecule has 2 fully saturated rings. The summed E-state index contributed by atoms with van der Waals surface area (Å²) in [5.41, 5.74) is -0.0974. The van der Waals surface area contributed by atoms with E-state index in [-0.39, 0.29) is 36.1 Å². The van der Waals surface area contributed by atoms with Crippen molar-refractivity contribution in [1.29, 1.82) is 0 Å². The Kier molecular flexibility index (Phi) is 4.37. The van der Waals surface area contributed by atoms with Crippen LogP contribution in [-0.4, -0.2) is 38.7 Å². The predicted octanol–water partition coefficient (Wildman–Crippen LogP) is 1.92. The molecule has 120 valence electrons. The molecule has 2 aliphatic carbocycles. The van der Waals surface area contributed by atoms with Crippen molar-refractivity contribution in [3.63, 3.8) is 0 Å². The summed E-state index contributed by atoms with van der Waals surface area (Å²) < 4.78 is 0. The summed E-state index contributed by atoms with van der Waals surface area (Å²) in [4.78, 5) is 18.9. The summed E-state index contributed by atoms with van der Waals surface area (Å²) in [6.07, 6.45) is 7.44. The Morgan fingerprint density at radius 2 is 2.05 bits per heavy atom. The van der Waals surface area contributed by atoms with E-state index in [1.807, 2.05) is 0 Å². The topological polar surface area (TPSA) is 113 Å². The molecule has 1 heterocycles. The molecule has 2 aliphatic rings. The standard InChI is InChI=1S/C14H21N5O3/c20-8-9-3-1-2-4-11(9)17-14-15-7-12(19(21)22)13(18-14)16-10-5-6-10/h7,9-11,20H,1-6,8H2,(H2,15,16,17,18). The largest absolute Gasteiger partial charge is 0.396 e. The zero-order valence-electron chi connectivity index (χ0n) is 12.4. The summed E-state index contributed by atoms with van der Waals surface area (Å²) >= 11 is 0. The molecule has 0 bridgehead atoms. The first kappa shape index (κ1) is 15.0. The second-order valence-corrected chi connectivity index (χ2v) is 6.08. The molecule has 0 spiro atoms. The molecule has 0 radical (unpaired) electrons. The molecule has 0 amide bonds. The lowest BCUT2D eigenvalue weighted by Gasteiger charge is -2.30. The van der Waals surface area contributed by atoms with E-state index >= 15 is 0 Å². The van der Waals surface area contributed by atoms with Crippen molar-refractivity contribution in [2.24, 2.45) is 5.92 Å². The van der Waals surface area contributed by atoms with Crippen molar-refractivity contribution >= 4 is 17.5 Å². The number of anilines is 2. The second kappa shape index (κ2) is 6.43. The summed E-state index contributed by atoms with van der Waals surface area (Å²) in [5.74, 6) is 0.854. The predicted molar refractivity (Wildman–Crippen MR) is 81.8 cm³/mol. The molecule has 2 unspecified atom stereocenters. The van der Waals surface area contributed by atoms with Gasteiger partial charge in [-0.1, -0.05) is 12.8 Å². The minimum atomic E-state index is -0.467. The molecule has 22 heavy (non-hydrogen) atoms. The van der Waals surface area contributed by atoms with E-state index in [0.29, 0.717) is 5.95 Å². The van der Waals surface area contributed by atoms with Crippen LogP contribution < -0.4 is 10.6 Å². The molecule has 8 nitrogen and oxygen atoms in total. The maximum atomic E-state index is 11.1. The Morgan fingerprint density at radius 1 is 1.27 bits per heavy atom. The van der Waals surface area contributed by atoms with Gasteiger partial charge in [0.15, 0.2) is 0 Å². The number of nitrogens with one attached hydrogen (secondary N) is 2. The number of aliphatic hydroxyl groups is 1. The summed E-state index contributed by atoms with van der Waals surface area (Å²) in [6, 6.07) is 0.398.